The molecule has 0 bridgehead atoms. The minimum atomic E-state index is -0.811. The summed E-state index contributed by atoms with van der Waals surface area (Å²) in [5.74, 6) is -0.952. The van der Waals surface area contributed by atoms with Crippen molar-refractivity contribution in [3.63, 3.8) is 0 Å². The van der Waals surface area contributed by atoms with Crippen LogP contribution in [0.15, 0.2) is 170 Å². The first-order chi connectivity index (χ1) is 41.0. The van der Waals surface area contributed by atoms with Gasteiger partial charge in [-0.25, -0.2) is 0 Å². The van der Waals surface area contributed by atoms with Crippen molar-refractivity contribution in [1.29, 1.82) is 0 Å². The lowest BCUT2D eigenvalue weighted by atomic mass is 10.1. The average Bonchev–Trinajstić information content (AvgIpc) is 3.49. The highest BCUT2D eigenvalue weighted by Gasteiger charge is 2.19. The summed E-state index contributed by atoms with van der Waals surface area (Å²) in [4.78, 5) is 38.4. The molecule has 0 amide bonds. The normalized spacial score (nSPS) is 13.2. The fourth-order valence-corrected chi connectivity index (χ4v) is 8.71. The van der Waals surface area contributed by atoms with Crippen molar-refractivity contribution in [3.05, 3.63) is 170 Å². The molecular formula is C77H122O6. The smallest absolute Gasteiger partial charge is 0.306 e. The van der Waals surface area contributed by atoms with Crippen molar-refractivity contribution in [3.8, 4) is 0 Å². The van der Waals surface area contributed by atoms with Gasteiger partial charge >= 0.3 is 17.9 Å². The molecule has 6 nitrogen and oxygen atoms in total. The SMILES string of the molecule is CC/C=C\C/C=C\C/C=C\C/C=C\C/C=C\C/C=C\C/C=C\C/C=C\CCCCCCCCC(=O)OCC(COC(=O)CCCCCCCCC/C=C\C/C=C\CCCCC)OC(=O)CCCCCC/C=C\C/C=C\C/C=C\C/C=C\CC. The molecular weight excluding hydrogens is 1020 g/mol. The molecule has 0 spiro atoms. The first kappa shape index (κ1) is 77.8. The molecule has 0 saturated carbocycles. The third-order valence-electron chi connectivity index (χ3n) is 13.7. The van der Waals surface area contributed by atoms with Crippen molar-refractivity contribution in [2.75, 3.05) is 13.2 Å². The molecule has 0 aromatic heterocycles. The van der Waals surface area contributed by atoms with Gasteiger partial charge in [-0.1, -0.05) is 274 Å². The van der Waals surface area contributed by atoms with Crippen molar-refractivity contribution >= 4 is 17.9 Å². The number of hydrogen-bond acceptors (Lipinski definition) is 6. The summed E-state index contributed by atoms with van der Waals surface area (Å²) in [5, 5.41) is 0. The maximum absolute atomic E-state index is 12.9. The summed E-state index contributed by atoms with van der Waals surface area (Å²) in [7, 11) is 0. The van der Waals surface area contributed by atoms with Crippen LogP contribution in [0.1, 0.15) is 278 Å². The molecule has 0 N–H and O–H groups in total. The van der Waals surface area contributed by atoms with E-state index in [1.54, 1.807) is 0 Å². The predicted octanol–water partition coefficient (Wildman–Crippen LogP) is 23.4. The van der Waals surface area contributed by atoms with Gasteiger partial charge in [-0.3, -0.25) is 14.4 Å². The van der Waals surface area contributed by atoms with Crippen molar-refractivity contribution in [2.45, 2.75) is 284 Å². The second-order valence-corrected chi connectivity index (χ2v) is 21.6. The van der Waals surface area contributed by atoms with Crippen LogP contribution in [0.4, 0.5) is 0 Å². The van der Waals surface area contributed by atoms with Gasteiger partial charge in [0, 0.05) is 19.3 Å². The third-order valence-corrected chi connectivity index (χ3v) is 13.7. The second-order valence-electron chi connectivity index (χ2n) is 21.6. The third kappa shape index (κ3) is 67.4. The number of allylic oxidation sites excluding steroid dienone is 28. The van der Waals surface area contributed by atoms with E-state index in [2.05, 4.69) is 191 Å². The van der Waals surface area contributed by atoms with Gasteiger partial charge in [0.1, 0.15) is 13.2 Å². The molecule has 0 saturated heterocycles. The number of rotatable bonds is 59. The minimum Gasteiger partial charge on any atom is -0.462 e. The van der Waals surface area contributed by atoms with Crippen molar-refractivity contribution in [2.24, 2.45) is 0 Å². The van der Waals surface area contributed by atoms with Gasteiger partial charge in [-0.2, -0.15) is 0 Å². The summed E-state index contributed by atoms with van der Waals surface area (Å²) in [5.41, 5.74) is 0. The molecule has 1 unspecified atom stereocenters. The second kappa shape index (κ2) is 69.3. The first-order valence-electron chi connectivity index (χ1n) is 33.6. The number of hydrogen-bond donors (Lipinski definition) is 0. The molecule has 1 atom stereocenters. The minimum absolute atomic E-state index is 0.104. The Kier molecular flexibility index (Phi) is 64.9. The van der Waals surface area contributed by atoms with Gasteiger partial charge in [0.25, 0.3) is 0 Å². The van der Waals surface area contributed by atoms with Crippen molar-refractivity contribution in [1.82, 2.24) is 0 Å². The van der Waals surface area contributed by atoms with Gasteiger partial charge in [0.15, 0.2) is 6.10 Å². The quantitative estimate of drug-likeness (QED) is 0.0261. The number of carbonyl (C=O) groups is 3. The zero-order valence-corrected chi connectivity index (χ0v) is 53.4. The molecule has 0 fully saturated rings. The molecule has 0 aliphatic rings. The fourth-order valence-electron chi connectivity index (χ4n) is 8.71. The highest BCUT2D eigenvalue weighted by molar-refractivity contribution is 5.71. The van der Waals surface area contributed by atoms with E-state index in [-0.39, 0.29) is 37.5 Å². The molecule has 0 rings (SSSR count). The molecule has 466 valence electrons. The molecule has 83 heavy (non-hydrogen) atoms. The van der Waals surface area contributed by atoms with Crippen LogP contribution in [0.25, 0.3) is 0 Å². The topological polar surface area (TPSA) is 78.9 Å². The van der Waals surface area contributed by atoms with Crippen LogP contribution in [-0.4, -0.2) is 37.2 Å². The van der Waals surface area contributed by atoms with Gasteiger partial charge < -0.3 is 14.2 Å². The lowest BCUT2D eigenvalue weighted by molar-refractivity contribution is -0.167. The van der Waals surface area contributed by atoms with Crippen LogP contribution in [0, 0.1) is 0 Å². The van der Waals surface area contributed by atoms with Gasteiger partial charge in [0.05, 0.1) is 0 Å². The Hall–Kier alpha value is -5.23. The molecule has 0 radical (unpaired) electrons. The Morgan fingerprint density at radius 2 is 0.470 bits per heavy atom. The maximum atomic E-state index is 12.9. The predicted molar refractivity (Wildman–Crippen MR) is 361 cm³/mol. The van der Waals surface area contributed by atoms with E-state index in [1.807, 2.05) is 0 Å². The van der Waals surface area contributed by atoms with Crippen LogP contribution < -0.4 is 0 Å². The summed E-state index contributed by atoms with van der Waals surface area (Å²) in [6, 6.07) is 0. The highest BCUT2D eigenvalue weighted by atomic mass is 16.6. The van der Waals surface area contributed by atoms with E-state index in [0.717, 1.165) is 173 Å². The van der Waals surface area contributed by atoms with E-state index in [9.17, 15) is 14.4 Å². The summed E-state index contributed by atoms with van der Waals surface area (Å²) >= 11 is 0. The highest BCUT2D eigenvalue weighted by Crippen LogP contribution is 2.14. The molecule has 0 heterocycles. The number of carbonyl (C=O) groups excluding carboxylic acids is 3. The van der Waals surface area contributed by atoms with Gasteiger partial charge in [-0.05, 0) is 154 Å². The first-order valence-corrected chi connectivity index (χ1v) is 33.6. The number of ether oxygens (including phenoxy) is 3. The monoisotopic (exact) mass is 1140 g/mol. The Morgan fingerprint density at radius 3 is 0.735 bits per heavy atom. The van der Waals surface area contributed by atoms with Gasteiger partial charge in [-0.15, -0.1) is 0 Å². The van der Waals surface area contributed by atoms with Crippen LogP contribution >= 0.6 is 0 Å². The molecule has 0 aromatic carbocycles. The largest absolute Gasteiger partial charge is 0.462 e. The standard InChI is InChI=1S/C77H122O6/c1-4-7-10-13-16-19-22-25-28-31-32-33-34-35-36-37-38-39-40-41-42-43-44-47-49-52-55-58-61-64-67-70-76(79)82-73-74(83-77(80)71-68-65-62-59-56-53-50-46-30-27-24-21-18-15-12-9-6-3)72-81-75(78)69-66-63-60-57-54-51-48-45-29-26-23-20-17-14-11-8-5-2/h7,9-10,12,16-21,25-30,32-33,35-36,38-39,41-42,44,47,50,53,74H,4-6,8,11,13-15,22-24,31,34,37,40,43,45-46,48-49,51-52,54-73H2,1-3H3/b10-7-,12-9-,19-16-,20-17-,21-18-,28-25-,29-26-,30-27-,33-32-,36-35-,39-38-,42-41-,47-44-,53-50-. The van der Waals surface area contributed by atoms with E-state index in [4.69, 9.17) is 14.2 Å². The van der Waals surface area contributed by atoms with Crippen LogP contribution in [0.2, 0.25) is 0 Å². The Bertz CT molecular complexity index is 1890. The van der Waals surface area contributed by atoms with Crippen LogP contribution in [0.5, 0.6) is 0 Å². The summed E-state index contributed by atoms with van der Waals surface area (Å²) < 4.78 is 16.9. The summed E-state index contributed by atoms with van der Waals surface area (Å²) in [6.07, 6.45) is 102. The molecule has 0 aliphatic heterocycles. The Labute approximate surface area is 511 Å². The fraction of sp³-hybridized carbons (Fsp3) is 0.597. The van der Waals surface area contributed by atoms with E-state index >= 15 is 0 Å². The Morgan fingerprint density at radius 1 is 0.253 bits per heavy atom. The van der Waals surface area contributed by atoms with E-state index < -0.39 is 6.10 Å². The van der Waals surface area contributed by atoms with Crippen molar-refractivity contribution < 1.29 is 28.6 Å². The molecule has 0 aliphatic carbocycles. The lowest BCUT2D eigenvalue weighted by Gasteiger charge is -2.18. The Balaban J connectivity index is 4.43. The summed E-state index contributed by atoms with van der Waals surface area (Å²) in [6.45, 7) is 6.35. The number of esters is 3. The number of unbranched alkanes of at least 4 members (excludes halogenated alkanes) is 20. The molecule has 6 heteroatoms. The average molecular weight is 1140 g/mol. The van der Waals surface area contributed by atoms with Crippen LogP contribution in [0.3, 0.4) is 0 Å². The van der Waals surface area contributed by atoms with Gasteiger partial charge in [0.2, 0.25) is 0 Å². The van der Waals surface area contributed by atoms with Crippen LogP contribution in [-0.2, 0) is 28.6 Å². The zero-order chi connectivity index (χ0) is 59.9. The van der Waals surface area contributed by atoms with E-state index in [1.165, 1.54) is 64.2 Å². The zero-order valence-electron chi connectivity index (χ0n) is 53.4. The van der Waals surface area contributed by atoms with E-state index in [0.29, 0.717) is 12.8 Å². The molecule has 0 aromatic rings. The lowest BCUT2D eigenvalue weighted by Crippen LogP contribution is -2.30. The maximum Gasteiger partial charge on any atom is 0.306 e.